The van der Waals surface area contributed by atoms with Crippen LogP contribution in [0.3, 0.4) is 0 Å². The van der Waals surface area contributed by atoms with Crippen molar-refractivity contribution in [3.63, 3.8) is 0 Å². The Balaban J connectivity index is 2.63. The molecule has 1 amide bonds. The lowest BCUT2D eigenvalue weighted by Gasteiger charge is -2.24. The number of carbonyl (C=O) groups is 1. The monoisotopic (exact) mass is 245 g/mol. The Hall–Kier alpha value is -1.50. The predicted octanol–water partition coefficient (Wildman–Crippen LogP) is -0.0394. The van der Waals surface area contributed by atoms with Crippen molar-refractivity contribution >= 4 is 11.9 Å². The van der Waals surface area contributed by atoms with Gasteiger partial charge < -0.3 is 25.7 Å². The van der Waals surface area contributed by atoms with Crippen molar-refractivity contribution in [3.05, 3.63) is 0 Å². The van der Waals surface area contributed by atoms with E-state index in [4.69, 9.17) is 15.7 Å². The SMILES string of the molecule is CC(C)(C)OC(=O)N1C[C@H](/C(N)=N/O)[C@@H](O)C1. The van der Waals surface area contributed by atoms with Crippen molar-refractivity contribution in [1.82, 2.24) is 4.90 Å². The summed E-state index contributed by atoms with van der Waals surface area (Å²) in [5.41, 5.74) is 4.83. The van der Waals surface area contributed by atoms with Gasteiger partial charge in [0.25, 0.3) is 0 Å². The maximum Gasteiger partial charge on any atom is 0.410 e. The molecule has 0 aromatic carbocycles. The summed E-state index contributed by atoms with van der Waals surface area (Å²) in [5.74, 6) is -0.629. The molecule has 0 aliphatic carbocycles. The Labute approximate surface area is 99.8 Å². The number of nitrogens with two attached hydrogens (primary N) is 1. The number of β-amino-alcohol motifs (C(OH)–C–C–N with tert-alkyl or cyclic N) is 1. The fraction of sp³-hybridized carbons (Fsp3) is 0.800. The molecule has 1 fully saturated rings. The van der Waals surface area contributed by atoms with E-state index in [0.29, 0.717) is 0 Å². The molecule has 0 aromatic rings. The zero-order valence-corrected chi connectivity index (χ0v) is 10.3. The van der Waals surface area contributed by atoms with Crippen LogP contribution in [0.2, 0.25) is 0 Å². The highest BCUT2D eigenvalue weighted by Gasteiger charge is 2.38. The van der Waals surface area contributed by atoms with E-state index >= 15 is 0 Å². The van der Waals surface area contributed by atoms with Crippen molar-refractivity contribution in [2.24, 2.45) is 16.8 Å². The quantitative estimate of drug-likeness (QED) is 0.260. The van der Waals surface area contributed by atoms with Gasteiger partial charge in [0.2, 0.25) is 0 Å². The van der Waals surface area contributed by atoms with Crippen molar-refractivity contribution in [2.45, 2.75) is 32.5 Å². The number of aliphatic hydroxyl groups is 1. The van der Waals surface area contributed by atoms with Gasteiger partial charge in [-0.05, 0) is 20.8 Å². The molecule has 1 rings (SSSR count). The number of carbonyl (C=O) groups excluding carboxylic acids is 1. The molecule has 2 atom stereocenters. The van der Waals surface area contributed by atoms with Gasteiger partial charge in [0.15, 0.2) is 0 Å². The van der Waals surface area contributed by atoms with Crippen LogP contribution in [0.25, 0.3) is 0 Å². The summed E-state index contributed by atoms with van der Waals surface area (Å²) >= 11 is 0. The standard InChI is InChI=1S/C10H19N3O4/c1-10(2,3)17-9(15)13-4-6(7(14)5-13)8(11)12-16/h6-7,14,16H,4-5H2,1-3H3,(H2,11,12)/t6-,7-/m0/s1. The maximum atomic E-state index is 11.7. The van der Waals surface area contributed by atoms with Gasteiger partial charge in [-0.25, -0.2) is 4.79 Å². The van der Waals surface area contributed by atoms with Gasteiger partial charge in [0.05, 0.1) is 18.6 Å². The highest BCUT2D eigenvalue weighted by atomic mass is 16.6. The van der Waals surface area contributed by atoms with Crippen LogP contribution >= 0.6 is 0 Å². The number of amides is 1. The van der Waals surface area contributed by atoms with Crippen LogP contribution in [0.1, 0.15) is 20.8 Å². The van der Waals surface area contributed by atoms with Gasteiger partial charge >= 0.3 is 6.09 Å². The lowest BCUT2D eigenvalue weighted by Crippen LogP contribution is -2.36. The van der Waals surface area contributed by atoms with Gasteiger partial charge in [0, 0.05) is 6.54 Å². The molecule has 0 unspecified atom stereocenters. The minimum absolute atomic E-state index is 0.0800. The van der Waals surface area contributed by atoms with Gasteiger partial charge in [-0.15, -0.1) is 0 Å². The number of hydrogen-bond acceptors (Lipinski definition) is 5. The van der Waals surface area contributed by atoms with Crippen LogP contribution in [0.4, 0.5) is 4.79 Å². The Morgan fingerprint density at radius 1 is 1.47 bits per heavy atom. The molecule has 0 radical (unpaired) electrons. The second kappa shape index (κ2) is 4.79. The smallest absolute Gasteiger partial charge is 0.410 e. The average Bonchev–Trinajstić information content (AvgIpc) is 2.57. The second-order valence-electron chi connectivity index (χ2n) is 5.08. The normalized spacial score (nSPS) is 26.1. The average molecular weight is 245 g/mol. The zero-order chi connectivity index (χ0) is 13.2. The van der Waals surface area contributed by atoms with Crippen molar-refractivity contribution in [1.29, 1.82) is 0 Å². The summed E-state index contributed by atoms with van der Waals surface area (Å²) in [5, 5.41) is 21.1. The van der Waals surface area contributed by atoms with Gasteiger partial charge in [-0.3, -0.25) is 0 Å². The third-order valence-electron chi connectivity index (χ3n) is 2.44. The highest BCUT2D eigenvalue weighted by Crippen LogP contribution is 2.20. The van der Waals surface area contributed by atoms with Crippen LogP contribution in [-0.4, -0.2) is 51.9 Å². The molecule has 98 valence electrons. The first-order chi connectivity index (χ1) is 7.74. The summed E-state index contributed by atoms with van der Waals surface area (Å²) < 4.78 is 5.16. The van der Waals surface area contributed by atoms with Crippen LogP contribution in [0.15, 0.2) is 5.16 Å². The second-order valence-corrected chi connectivity index (χ2v) is 5.08. The molecule has 7 nitrogen and oxygen atoms in total. The Morgan fingerprint density at radius 2 is 2.06 bits per heavy atom. The Kier molecular flexibility index (Phi) is 3.82. The molecule has 1 heterocycles. The topological polar surface area (TPSA) is 108 Å². The molecule has 17 heavy (non-hydrogen) atoms. The van der Waals surface area contributed by atoms with E-state index in [2.05, 4.69) is 5.16 Å². The number of ether oxygens (including phenoxy) is 1. The molecular weight excluding hydrogens is 226 g/mol. The minimum Gasteiger partial charge on any atom is -0.444 e. The maximum absolute atomic E-state index is 11.7. The fourth-order valence-electron chi connectivity index (χ4n) is 1.63. The first-order valence-electron chi connectivity index (χ1n) is 5.38. The Morgan fingerprint density at radius 3 is 2.53 bits per heavy atom. The van der Waals surface area contributed by atoms with E-state index in [-0.39, 0.29) is 18.9 Å². The van der Waals surface area contributed by atoms with Crippen LogP contribution in [0, 0.1) is 5.92 Å². The van der Waals surface area contributed by atoms with Gasteiger partial charge in [-0.1, -0.05) is 5.16 Å². The minimum atomic E-state index is -0.835. The van der Waals surface area contributed by atoms with E-state index in [1.54, 1.807) is 20.8 Å². The highest BCUT2D eigenvalue weighted by molar-refractivity contribution is 5.84. The summed E-state index contributed by atoms with van der Waals surface area (Å²) in [6.07, 6.45) is -1.34. The van der Waals surface area contributed by atoms with Gasteiger partial charge in [-0.2, -0.15) is 0 Å². The molecular formula is C10H19N3O4. The summed E-state index contributed by atoms with van der Waals surface area (Å²) in [4.78, 5) is 13.1. The van der Waals surface area contributed by atoms with Crippen molar-refractivity contribution in [2.75, 3.05) is 13.1 Å². The molecule has 1 aliphatic rings. The van der Waals surface area contributed by atoms with Crippen LogP contribution in [-0.2, 0) is 4.74 Å². The fourth-order valence-corrected chi connectivity index (χ4v) is 1.63. The third-order valence-corrected chi connectivity index (χ3v) is 2.44. The van der Waals surface area contributed by atoms with E-state index in [0.717, 1.165) is 0 Å². The summed E-state index contributed by atoms with van der Waals surface area (Å²) in [7, 11) is 0. The number of oxime groups is 1. The number of aliphatic hydroxyl groups excluding tert-OH is 1. The van der Waals surface area contributed by atoms with Crippen molar-refractivity contribution < 1.29 is 19.8 Å². The van der Waals surface area contributed by atoms with Crippen LogP contribution in [0.5, 0.6) is 0 Å². The number of amidine groups is 1. The Bertz CT molecular complexity index is 324. The van der Waals surface area contributed by atoms with E-state index in [9.17, 15) is 9.90 Å². The molecule has 0 aromatic heterocycles. The predicted molar refractivity (Wildman–Crippen MR) is 60.7 cm³/mol. The van der Waals surface area contributed by atoms with E-state index in [1.807, 2.05) is 0 Å². The van der Waals surface area contributed by atoms with Crippen molar-refractivity contribution in [3.8, 4) is 0 Å². The lowest BCUT2D eigenvalue weighted by molar-refractivity contribution is 0.0270. The molecule has 0 spiro atoms. The molecule has 4 N–H and O–H groups in total. The lowest BCUT2D eigenvalue weighted by atomic mass is 10.1. The first-order valence-corrected chi connectivity index (χ1v) is 5.38. The van der Waals surface area contributed by atoms with E-state index in [1.165, 1.54) is 4.90 Å². The van der Waals surface area contributed by atoms with Gasteiger partial charge in [0.1, 0.15) is 11.4 Å². The number of nitrogens with zero attached hydrogens (tertiary/aromatic N) is 2. The van der Waals surface area contributed by atoms with E-state index < -0.39 is 23.7 Å². The summed E-state index contributed by atoms with van der Waals surface area (Å²) in [6.45, 7) is 5.59. The molecule has 1 aliphatic heterocycles. The summed E-state index contributed by atoms with van der Waals surface area (Å²) in [6, 6.07) is 0. The third kappa shape index (κ3) is 3.48. The number of hydrogen-bond donors (Lipinski definition) is 3. The first kappa shape index (κ1) is 13.6. The zero-order valence-electron chi connectivity index (χ0n) is 10.3. The largest absolute Gasteiger partial charge is 0.444 e. The molecule has 1 saturated heterocycles. The number of likely N-dealkylation sites (tertiary alicyclic amines) is 1. The molecule has 0 saturated carbocycles. The molecule has 7 heteroatoms. The van der Waals surface area contributed by atoms with Crippen LogP contribution < -0.4 is 5.73 Å². The number of rotatable bonds is 1. The molecule has 0 bridgehead atoms.